The van der Waals surface area contributed by atoms with Crippen molar-refractivity contribution in [2.24, 2.45) is 0 Å². The van der Waals surface area contributed by atoms with Crippen LogP contribution in [0.1, 0.15) is 12.8 Å². The minimum absolute atomic E-state index is 0.516. The number of hydrogen-bond donors (Lipinski definition) is 0. The molecule has 0 radical (unpaired) electrons. The molecule has 0 bridgehead atoms. The molecule has 1 saturated heterocycles. The van der Waals surface area contributed by atoms with Crippen LogP contribution in [0.4, 0.5) is 0 Å². The van der Waals surface area contributed by atoms with E-state index in [9.17, 15) is 0 Å². The van der Waals surface area contributed by atoms with E-state index in [2.05, 4.69) is 22.6 Å². The van der Waals surface area contributed by atoms with E-state index in [1.54, 1.807) is 0 Å². The highest BCUT2D eigenvalue weighted by molar-refractivity contribution is 14.1. The third-order valence-electron chi connectivity index (χ3n) is 0.874. The maximum atomic E-state index is 5.14. The third kappa shape index (κ3) is 1.08. The SMILES string of the molecule is IC1CCCO1. The zero-order valence-electron chi connectivity index (χ0n) is 3.48. The molecule has 1 nitrogen and oxygen atoms in total. The van der Waals surface area contributed by atoms with E-state index in [0.717, 1.165) is 6.61 Å². The highest BCUT2D eigenvalue weighted by Crippen LogP contribution is 2.16. The molecule has 1 atom stereocenters. The molecule has 1 heterocycles. The molecule has 0 N–H and O–H groups in total. The van der Waals surface area contributed by atoms with Crippen LogP contribution >= 0.6 is 22.6 Å². The lowest BCUT2D eigenvalue weighted by molar-refractivity contribution is 0.184. The van der Waals surface area contributed by atoms with Crippen LogP contribution in [0.3, 0.4) is 0 Å². The molecule has 1 rings (SSSR count). The van der Waals surface area contributed by atoms with E-state index < -0.39 is 0 Å². The van der Waals surface area contributed by atoms with E-state index in [1.165, 1.54) is 12.8 Å². The molecular formula is C4H7IO. The summed E-state index contributed by atoms with van der Waals surface area (Å²) in [7, 11) is 0. The van der Waals surface area contributed by atoms with E-state index in [1.807, 2.05) is 0 Å². The first-order valence-corrected chi connectivity index (χ1v) is 3.40. The maximum absolute atomic E-state index is 5.14. The van der Waals surface area contributed by atoms with Gasteiger partial charge in [0.05, 0.1) is 0 Å². The molecule has 2 heteroatoms. The summed E-state index contributed by atoms with van der Waals surface area (Å²) in [4.78, 5) is 0. The van der Waals surface area contributed by atoms with Crippen LogP contribution in [0, 0.1) is 0 Å². The summed E-state index contributed by atoms with van der Waals surface area (Å²) in [6, 6.07) is 0. The highest BCUT2D eigenvalue weighted by Gasteiger charge is 2.09. The second-order valence-corrected chi connectivity index (χ2v) is 2.81. The minimum Gasteiger partial charge on any atom is -0.368 e. The fourth-order valence-electron chi connectivity index (χ4n) is 0.538. The topological polar surface area (TPSA) is 9.23 Å². The van der Waals surface area contributed by atoms with Gasteiger partial charge in [-0.05, 0) is 12.8 Å². The number of ether oxygens (including phenoxy) is 1. The van der Waals surface area contributed by atoms with Gasteiger partial charge >= 0.3 is 0 Å². The van der Waals surface area contributed by atoms with Crippen molar-refractivity contribution in [2.45, 2.75) is 17.0 Å². The smallest absolute Gasteiger partial charge is 0.108 e. The maximum Gasteiger partial charge on any atom is 0.108 e. The van der Waals surface area contributed by atoms with Gasteiger partial charge < -0.3 is 4.74 Å². The van der Waals surface area contributed by atoms with Gasteiger partial charge in [-0.25, -0.2) is 0 Å². The van der Waals surface area contributed by atoms with Gasteiger partial charge in [0, 0.05) is 6.61 Å². The molecule has 0 amide bonds. The van der Waals surface area contributed by atoms with Crippen molar-refractivity contribution in [3.05, 3.63) is 0 Å². The Morgan fingerprint density at radius 2 is 2.50 bits per heavy atom. The van der Waals surface area contributed by atoms with Gasteiger partial charge in [-0.3, -0.25) is 0 Å². The first-order chi connectivity index (χ1) is 2.89. The largest absolute Gasteiger partial charge is 0.368 e. The van der Waals surface area contributed by atoms with Gasteiger partial charge in [0.15, 0.2) is 0 Å². The first-order valence-electron chi connectivity index (χ1n) is 2.15. The van der Waals surface area contributed by atoms with Crippen LogP contribution in [0.5, 0.6) is 0 Å². The number of hydrogen-bond acceptors (Lipinski definition) is 1. The lowest BCUT2D eigenvalue weighted by Gasteiger charge is -1.92. The van der Waals surface area contributed by atoms with E-state index in [4.69, 9.17) is 4.74 Å². The quantitative estimate of drug-likeness (QED) is 0.424. The van der Waals surface area contributed by atoms with Crippen molar-refractivity contribution in [3.63, 3.8) is 0 Å². The van der Waals surface area contributed by atoms with Crippen molar-refractivity contribution in [1.29, 1.82) is 0 Å². The summed E-state index contributed by atoms with van der Waals surface area (Å²) in [5.74, 6) is 0. The Hall–Kier alpha value is 0.690. The van der Waals surface area contributed by atoms with E-state index >= 15 is 0 Å². The molecule has 36 valence electrons. The molecule has 1 aliphatic rings. The van der Waals surface area contributed by atoms with E-state index in [0.29, 0.717) is 4.11 Å². The summed E-state index contributed by atoms with van der Waals surface area (Å²) < 4.78 is 5.66. The summed E-state index contributed by atoms with van der Waals surface area (Å²) in [5, 5.41) is 0. The Balaban J connectivity index is 2.18. The van der Waals surface area contributed by atoms with Crippen LogP contribution in [0.2, 0.25) is 0 Å². The van der Waals surface area contributed by atoms with Gasteiger partial charge in [0.1, 0.15) is 4.11 Å². The number of rotatable bonds is 0. The standard InChI is InChI=1S/C4H7IO/c5-4-2-1-3-6-4/h4H,1-3H2. The van der Waals surface area contributed by atoms with Crippen LogP contribution in [0.25, 0.3) is 0 Å². The zero-order chi connectivity index (χ0) is 4.41. The van der Waals surface area contributed by atoms with Crippen molar-refractivity contribution in [3.8, 4) is 0 Å². The van der Waals surface area contributed by atoms with Crippen LogP contribution in [0.15, 0.2) is 0 Å². The summed E-state index contributed by atoms with van der Waals surface area (Å²) in [6.45, 7) is 0.980. The molecule has 1 fully saturated rings. The van der Waals surface area contributed by atoms with Crippen molar-refractivity contribution >= 4 is 22.6 Å². The van der Waals surface area contributed by atoms with Gasteiger partial charge in [-0.2, -0.15) is 0 Å². The normalized spacial score (nSPS) is 34.5. The molecule has 0 spiro atoms. The Morgan fingerprint density at radius 3 is 2.67 bits per heavy atom. The van der Waals surface area contributed by atoms with Gasteiger partial charge in [-0.1, -0.05) is 22.6 Å². The summed E-state index contributed by atoms with van der Waals surface area (Å²) in [5.41, 5.74) is 0. The molecule has 0 aliphatic carbocycles. The number of alkyl halides is 1. The Kier molecular flexibility index (Phi) is 1.71. The fraction of sp³-hybridized carbons (Fsp3) is 1.00. The predicted octanol–water partition coefficient (Wildman–Crippen LogP) is 1.56. The van der Waals surface area contributed by atoms with Crippen LogP contribution in [-0.2, 0) is 4.74 Å². The van der Waals surface area contributed by atoms with Gasteiger partial charge in [0.25, 0.3) is 0 Å². The molecule has 0 aromatic heterocycles. The predicted molar refractivity (Wildman–Crippen MR) is 33.0 cm³/mol. The third-order valence-corrected chi connectivity index (χ3v) is 1.86. The molecule has 1 aliphatic heterocycles. The minimum atomic E-state index is 0.516. The number of halogens is 1. The fourth-order valence-corrected chi connectivity index (χ4v) is 1.23. The van der Waals surface area contributed by atoms with Crippen molar-refractivity contribution in [1.82, 2.24) is 0 Å². The molecule has 6 heavy (non-hydrogen) atoms. The second kappa shape index (κ2) is 2.12. The van der Waals surface area contributed by atoms with Crippen LogP contribution in [-0.4, -0.2) is 10.7 Å². The average Bonchev–Trinajstić information content (AvgIpc) is 1.86. The summed E-state index contributed by atoms with van der Waals surface area (Å²) >= 11 is 2.31. The Morgan fingerprint density at radius 1 is 1.67 bits per heavy atom. The molecular weight excluding hydrogens is 191 g/mol. The molecule has 1 unspecified atom stereocenters. The lowest BCUT2D eigenvalue weighted by atomic mass is 10.4. The average molecular weight is 198 g/mol. The molecule has 0 saturated carbocycles. The van der Waals surface area contributed by atoms with Crippen LogP contribution < -0.4 is 0 Å². The Bertz CT molecular complexity index is 40.8. The monoisotopic (exact) mass is 198 g/mol. The zero-order valence-corrected chi connectivity index (χ0v) is 5.64. The van der Waals surface area contributed by atoms with Gasteiger partial charge in [0.2, 0.25) is 0 Å². The lowest BCUT2D eigenvalue weighted by Crippen LogP contribution is -1.88. The van der Waals surface area contributed by atoms with Gasteiger partial charge in [-0.15, -0.1) is 0 Å². The van der Waals surface area contributed by atoms with E-state index in [-0.39, 0.29) is 0 Å². The first kappa shape index (κ1) is 4.84. The molecule has 0 aromatic rings. The van der Waals surface area contributed by atoms with Crippen molar-refractivity contribution < 1.29 is 4.74 Å². The summed E-state index contributed by atoms with van der Waals surface area (Å²) in [6.07, 6.45) is 2.51. The van der Waals surface area contributed by atoms with Crippen molar-refractivity contribution in [2.75, 3.05) is 6.61 Å². The highest BCUT2D eigenvalue weighted by atomic mass is 127. The molecule has 0 aromatic carbocycles. The Labute approximate surface area is 51.2 Å². The second-order valence-electron chi connectivity index (χ2n) is 1.42.